The predicted octanol–water partition coefficient (Wildman–Crippen LogP) is -1.05. The van der Waals surface area contributed by atoms with Crippen LogP contribution >= 0.6 is 0 Å². The van der Waals surface area contributed by atoms with E-state index in [0.717, 1.165) is 15.9 Å². The van der Waals surface area contributed by atoms with Crippen LogP contribution in [0.3, 0.4) is 0 Å². The van der Waals surface area contributed by atoms with E-state index in [1.807, 2.05) is 39.0 Å². The lowest BCUT2D eigenvalue weighted by Gasteiger charge is -2.36. The van der Waals surface area contributed by atoms with Gasteiger partial charge in [0.15, 0.2) is 5.96 Å². The third-order valence-corrected chi connectivity index (χ3v) is 24.3. The van der Waals surface area contributed by atoms with Gasteiger partial charge >= 0.3 is 0 Å². The molecule has 5 heterocycles. The zero-order chi connectivity index (χ0) is 99.6. The Balaban J connectivity index is 0.982. The van der Waals surface area contributed by atoms with Gasteiger partial charge in [0.2, 0.25) is 101 Å². The van der Waals surface area contributed by atoms with Crippen molar-refractivity contribution >= 4 is 129 Å². The van der Waals surface area contributed by atoms with Gasteiger partial charge in [-0.1, -0.05) is 108 Å². The van der Waals surface area contributed by atoms with Crippen LogP contribution in [0.25, 0.3) is 21.8 Å². The van der Waals surface area contributed by atoms with Crippen molar-refractivity contribution in [2.24, 2.45) is 23.1 Å². The van der Waals surface area contributed by atoms with E-state index in [4.69, 9.17) is 22.6 Å². The molecule has 2 aliphatic heterocycles. The zero-order valence-electron chi connectivity index (χ0n) is 78.4. The number of aromatic nitrogens is 4. The number of carbonyl (C=O) groups excluding carboxylic acids is 17. The number of likely N-dealkylation sites (tertiary alicyclic amines) is 2. The van der Waals surface area contributed by atoms with Crippen LogP contribution in [0.1, 0.15) is 160 Å². The summed E-state index contributed by atoms with van der Waals surface area (Å²) < 4.78 is 0. The van der Waals surface area contributed by atoms with Crippen LogP contribution in [0, 0.1) is 11.3 Å². The number of amides is 17. The Labute approximate surface area is 788 Å². The molecular weight excluding hydrogens is 1760 g/mol. The van der Waals surface area contributed by atoms with Gasteiger partial charge in [-0.15, -0.1) is 0 Å². The lowest BCUT2D eigenvalue weighted by atomic mass is 10.00. The molecule has 14 atom stereocenters. The zero-order valence-corrected chi connectivity index (χ0v) is 78.4. The lowest BCUT2D eigenvalue weighted by molar-refractivity contribution is -0.149. The number of imidazole rings is 1. The Morgan fingerprint density at radius 3 is 1.61 bits per heavy atom. The monoisotopic (exact) mass is 1890 g/mol. The first kappa shape index (κ1) is 107. The maximum absolute atomic E-state index is 15.5. The molecule has 23 N–H and O–H groups in total. The van der Waals surface area contributed by atoms with E-state index < -0.39 is 187 Å². The van der Waals surface area contributed by atoms with E-state index in [1.54, 1.807) is 56.6 Å². The van der Waals surface area contributed by atoms with Crippen molar-refractivity contribution < 1.29 is 91.7 Å². The van der Waals surface area contributed by atoms with Crippen LogP contribution in [-0.4, -0.2) is 300 Å². The smallest absolute Gasteiger partial charge is 0.246 e. The number of unbranched alkanes of at least 4 members (excludes halogenated alkanes) is 2. The van der Waals surface area contributed by atoms with Crippen LogP contribution < -0.4 is 75.7 Å². The molecule has 8 rings (SSSR count). The largest absolute Gasteiger partial charge is 0.508 e. The molecule has 3 aromatic carbocycles. The number of primary amides is 2. The fourth-order valence-corrected chi connectivity index (χ4v) is 16.7. The standard InChI is InChI=1S/C93H132N24O19/c1-10-12-28-73(85(129)105-54(5)22-19-37-99-93(96)97)114(8)92(136)76(29-13-11-2)115(9)89(133)70(43-58-47-101-64-26-17-15-24-62(58)64)111-84(128)72(50-118)112-82(126)66(42-57-46-100-63-25-16-14-23-61(57)63)107-86(130)74-30-20-38-116(74)90(134)68(40-53(3)4)110-83(127)67(44-59-48-98-51-103-59)108-87(131)75-31-21-39-117(75)91(135)71(45-77(94)121)109-80(124)55(6)113(7)88(132)69(41-56-33-35-60(120)36-34-56)106-79(123)32-18-27-65(104-52-119)81(125)102-49-78(95)122/h14-18,23-26,32-36,46-48,51-55,65-76,100-101,118,120H,10-13,19-22,27-31,37-45,49-50H2,1-9H3,(H2,94,121)(H2,95,122)(H,98,103)(H,102,125)(H,104,119)(H,105,129)(H,106,123)(H,107,130)(H,108,131)(H,109,124)(H,110,127)(H,111,128)(H,112,126)(H4,96,97,99)/b32-18+/t54?,55?,65?,66?,67?,68?,69?,70?,71?,72-,73?,74?,75?,76?/m0/s1. The molecule has 136 heavy (non-hydrogen) atoms. The van der Waals surface area contributed by atoms with Crippen molar-refractivity contribution in [3.8, 4) is 5.75 Å². The number of aromatic amines is 3. The number of aliphatic hydroxyl groups excluding tert-OH is 1. The van der Waals surface area contributed by atoms with Gasteiger partial charge in [-0.2, -0.15) is 0 Å². The maximum atomic E-state index is 15.5. The molecule has 43 nitrogen and oxygen atoms in total. The number of benzene rings is 3. The lowest BCUT2D eigenvalue weighted by Crippen LogP contribution is -2.61. The normalized spacial score (nSPS) is 16.2. The Morgan fingerprint density at radius 2 is 1.07 bits per heavy atom. The van der Waals surface area contributed by atoms with Crippen LogP contribution in [-0.2, 0) is 107 Å². The Kier molecular flexibility index (Phi) is 41.2. The molecule has 0 radical (unpaired) electrons. The fourth-order valence-electron chi connectivity index (χ4n) is 16.7. The second-order valence-electron chi connectivity index (χ2n) is 35.0. The number of likely N-dealkylation sites (N-methyl/N-ethyl adjacent to an activating group) is 3. The summed E-state index contributed by atoms with van der Waals surface area (Å²) in [6, 6.07) is 1.53. The Morgan fingerprint density at radius 1 is 0.544 bits per heavy atom. The van der Waals surface area contributed by atoms with Crippen molar-refractivity contribution in [2.75, 3.05) is 53.9 Å². The first-order valence-electron chi connectivity index (χ1n) is 46.0. The van der Waals surface area contributed by atoms with Crippen molar-refractivity contribution in [3.05, 3.63) is 132 Å². The van der Waals surface area contributed by atoms with Gasteiger partial charge in [0, 0.05) is 119 Å². The van der Waals surface area contributed by atoms with Crippen molar-refractivity contribution in [3.63, 3.8) is 0 Å². The molecular formula is C93H132N24O19. The first-order valence-corrected chi connectivity index (χ1v) is 46.0. The van der Waals surface area contributed by atoms with E-state index >= 15 is 33.6 Å². The van der Waals surface area contributed by atoms with E-state index in [9.17, 15) is 58.2 Å². The predicted molar refractivity (Wildman–Crippen MR) is 502 cm³/mol. The van der Waals surface area contributed by atoms with E-state index in [-0.39, 0.29) is 120 Å². The minimum Gasteiger partial charge on any atom is -0.508 e. The van der Waals surface area contributed by atoms with Gasteiger partial charge in [-0.25, -0.2) is 4.98 Å². The summed E-state index contributed by atoms with van der Waals surface area (Å²) in [5.74, 6) is -13.8. The van der Waals surface area contributed by atoms with Crippen LogP contribution in [0.4, 0.5) is 0 Å². The summed E-state index contributed by atoms with van der Waals surface area (Å²) in [5, 5.41) is 59.3. The van der Waals surface area contributed by atoms with Crippen LogP contribution in [0.5, 0.6) is 5.75 Å². The number of hydrogen-bond donors (Lipinski definition) is 20. The minimum absolute atomic E-state index is 0.00326. The average Bonchev–Trinajstić information content (AvgIpc) is 1.58. The van der Waals surface area contributed by atoms with E-state index in [2.05, 4.69) is 78.4 Å². The number of rotatable bonds is 54. The molecule has 3 aromatic heterocycles. The number of aromatic hydroxyl groups is 1. The Bertz CT molecular complexity index is 5190. The summed E-state index contributed by atoms with van der Waals surface area (Å²) in [6.45, 7) is 9.36. The van der Waals surface area contributed by atoms with Crippen LogP contribution in [0.2, 0.25) is 0 Å². The number of nitrogens with zero attached hydrogens (tertiary/aromatic N) is 6. The summed E-state index contributed by atoms with van der Waals surface area (Å²) in [6.07, 6.45) is 11.2. The number of nitrogens with two attached hydrogens (primary N) is 3. The number of aliphatic hydroxyl groups is 1. The van der Waals surface area contributed by atoms with Gasteiger partial charge in [0.05, 0.1) is 25.9 Å². The molecule has 738 valence electrons. The molecule has 0 saturated carbocycles. The average molecular weight is 1890 g/mol. The van der Waals surface area contributed by atoms with Gasteiger partial charge in [-0.05, 0) is 131 Å². The molecule has 13 unspecified atom stereocenters. The molecule has 0 aliphatic carbocycles. The number of nitrogens with one attached hydrogen (secondary N) is 15. The number of phenolic OH excluding ortho intramolecular Hbond substituents is 1. The minimum atomic E-state index is -1.79. The molecule has 2 aliphatic rings. The molecule has 6 aromatic rings. The third-order valence-electron chi connectivity index (χ3n) is 24.3. The topological polar surface area (TPSA) is 641 Å². The second kappa shape index (κ2) is 52.4. The van der Waals surface area contributed by atoms with Gasteiger partial charge in [0.1, 0.15) is 84.3 Å². The number of guanidine groups is 1. The highest BCUT2D eigenvalue weighted by Crippen LogP contribution is 2.28. The van der Waals surface area contributed by atoms with Crippen LogP contribution in [0.15, 0.2) is 110 Å². The van der Waals surface area contributed by atoms with Gasteiger partial charge < -0.3 is 125 Å². The summed E-state index contributed by atoms with van der Waals surface area (Å²) in [4.78, 5) is 260. The fraction of sp³-hybridized carbons (Fsp3) is 0.516. The number of fused-ring (bicyclic) bond motifs is 2. The molecule has 17 amide bonds. The second-order valence-corrected chi connectivity index (χ2v) is 35.0. The molecule has 0 bridgehead atoms. The molecule has 2 fully saturated rings. The quantitative estimate of drug-likeness (QED) is 0.00712. The van der Waals surface area contributed by atoms with Gasteiger partial charge in [0.25, 0.3) is 0 Å². The third kappa shape index (κ3) is 30.9. The van der Waals surface area contributed by atoms with Crippen molar-refractivity contribution in [2.45, 2.75) is 248 Å². The molecule has 43 heteroatoms. The van der Waals surface area contributed by atoms with Crippen molar-refractivity contribution in [1.29, 1.82) is 5.41 Å². The highest BCUT2D eigenvalue weighted by Gasteiger charge is 2.45. The number of carbonyl (C=O) groups is 17. The molecule has 2 saturated heterocycles. The summed E-state index contributed by atoms with van der Waals surface area (Å²) in [7, 11) is 4.21. The maximum Gasteiger partial charge on any atom is 0.246 e. The van der Waals surface area contributed by atoms with Crippen molar-refractivity contribution in [1.82, 2.24) is 103 Å². The first-order chi connectivity index (χ1) is 64.9. The van der Waals surface area contributed by atoms with E-state index in [1.165, 1.54) is 85.6 Å². The SMILES string of the molecule is CCCCC(C(=O)N(C)C(CCCC)C(=O)NC(C)CCCNC(=N)N)N(C)C(=O)C(Cc1c[nH]c2ccccc12)NC(=O)[C@H](CO)NC(=O)C(Cc1c[nH]c2ccccc12)NC(=O)C1CCCN1C(=O)C(CC(C)C)NC(=O)C(Cc1cnc[nH]1)NC(=O)C1CCCN1C(=O)C(CC(N)=O)NC(=O)C(C)N(C)C(=O)C(Cc1ccc(O)cc1)NC(=O)/C=C/CC(NC=O)C(=O)NCC(N)=O. The Hall–Kier alpha value is -14.3. The summed E-state index contributed by atoms with van der Waals surface area (Å²) in [5.41, 5.74) is 19.6. The summed E-state index contributed by atoms with van der Waals surface area (Å²) >= 11 is 0. The van der Waals surface area contributed by atoms with Gasteiger partial charge in [-0.3, -0.25) is 86.9 Å². The number of hydrogen-bond acceptors (Lipinski definition) is 21. The number of para-hydroxylation sites is 2. The number of H-pyrrole nitrogens is 3. The highest BCUT2D eigenvalue weighted by atomic mass is 16.3. The van der Waals surface area contributed by atoms with E-state index in [0.29, 0.717) is 95.7 Å². The number of phenols is 1. The molecule has 0 spiro atoms. The highest BCUT2D eigenvalue weighted by molar-refractivity contribution is 6.02.